The lowest BCUT2D eigenvalue weighted by Gasteiger charge is -2.08. The van der Waals surface area contributed by atoms with Gasteiger partial charge in [-0.25, -0.2) is 8.42 Å². The molecule has 0 bridgehead atoms. The van der Waals surface area contributed by atoms with Gasteiger partial charge in [-0.2, -0.15) is 0 Å². The maximum absolute atomic E-state index is 12.1. The molecule has 21 heavy (non-hydrogen) atoms. The van der Waals surface area contributed by atoms with Crippen LogP contribution in [0.15, 0.2) is 24.3 Å². The zero-order chi connectivity index (χ0) is 15.0. The SMILES string of the molecule is Cc1ccc2cc(C(=O)NC[C@H]3CCS(=O)(=O)C3)[nH]c2c1. The Labute approximate surface area is 123 Å². The summed E-state index contributed by atoms with van der Waals surface area (Å²) >= 11 is 0. The molecule has 0 unspecified atom stereocenters. The fourth-order valence-corrected chi connectivity index (χ4v) is 4.59. The number of rotatable bonds is 3. The molecule has 0 aliphatic carbocycles. The molecular formula is C15H18N2O3S. The summed E-state index contributed by atoms with van der Waals surface area (Å²) < 4.78 is 22.8. The van der Waals surface area contributed by atoms with Crippen molar-refractivity contribution in [1.82, 2.24) is 10.3 Å². The smallest absolute Gasteiger partial charge is 0.267 e. The summed E-state index contributed by atoms with van der Waals surface area (Å²) in [5.74, 6) is 0.261. The topological polar surface area (TPSA) is 79.0 Å². The Morgan fingerprint density at radius 1 is 1.38 bits per heavy atom. The number of carbonyl (C=O) groups is 1. The number of aryl methyl sites for hydroxylation is 1. The maximum Gasteiger partial charge on any atom is 0.267 e. The Morgan fingerprint density at radius 3 is 2.90 bits per heavy atom. The van der Waals surface area contributed by atoms with E-state index in [-0.39, 0.29) is 23.3 Å². The molecule has 0 saturated carbocycles. The second-order valence-electron chi connectivity index (χ2n) is 5.75. The fourth-order valence-electron chi connectivity index (χ4n) is 2.73. The molecule has 1 saturated heterocycles. The number of sulfone groups is 1. The zero-order valence-electron chi connectivity index (χ0n) is 11.8. The van der Waals surface area contributed by atoms with Crippen LogP contribution in [0.3, 0.4) is 0 Å². The third-order valence-electron chi connectivity index (χ3n) is 3.90. The molecule has 6 heteroatoms. The summed E-state index contributed by atoms with van der Waals surface area (Å²) in [6.07, 6.45) is 0.633. The van der Waals surface area contributed by atoms with Gasteiger partial charge < -0.3 is 10.3 Å². The van der Waals surface area contributed by atoms with Crippen molar-refractivity contribution in [3.05, 3.63) is 35.5 Å². The Morgan fingerprint density at radius 2 is 2.19 bits per heavy atom. The normalized spacial score (nSPS) is 20.7. The molecule has 1 aromatic carbocycles. The summed E-state index contributed by atoms with van der Waals surface area (Å²) in [6, 6.07) is 7.79. The Hall–Kier alpha value is -1.82. The van der Waals surface area contributed by atoms with Gasteiger partial charge in [0.2, 0.25) is 0 Å². The number of H-pyrrole nitrogens is 1. The summed E-state index contributed by atoms with van der Waals surface area (Å²) in [5, 5.41) is 3.81. The van der Waals surface area contributed by atoms with Crippen LogP contribution in [0, 0.1) is 12.8 Å². The van der Waals surface area contributed by atoms with Crippen LogP contribution in [0.2, 0.25) is 0 Å². The lowest BCUT2D eigenvalue weighted by atomic mass is 10.1. The summed E-state index contributed by atoms with van der Waals surface area (Å²) in [6.45, 7) is 2.41. The van der Waals surface area contributed by atoms with Crippen molar-refractivity contribution in [2.75, 3.05) is 18.1 Å². The van der Waals surface area contributed by atoms with Crippen LogP contribution in [-0.4, -0.2) is 37.4 Å². The molecule has 1 aliphatic rings. The molecule has 3 rings (SSSR count). The van der Waals surface area contributed by atoms with Gasteiger partial charge in [-0.15, -0.1) is 0 Å². The van der Waals surface area contributed by atoms with E-state index in [1.54, 1.807) is 0 Å². The average molecular weight is 306 g/mol. The first-order valence-corrected chi connectivity index (χ1v) is 8.83. The number of hydrogen-bond donors (Lipinski definition) is 2. The third kappa shape index (κ3) is 3.10. The highest BCUT2D eigenvalue weighted by atomic mass is 32.2. The quantitative estimate of drug-likeness (QED) is 0.905. The van der Waals surface area contributed by atoms with Crippen molar-refractivity contribution in [2.24, 2.45) is 5.92 Å². The molecule has 0 radical (unpaired) electrons. The van der Waals surface area contributed by atoms with Gasteiger partial charge in [0.05, 0.1) is 11.5 Å². The number of aromatic amines is 1. The molecule has 2 N–H and O–H groups in total. The highest BCUT2D eigenvalue weighted by Gasteiger charge is 2.28. The number of amides is 1. The van der Waals surface area contributed by atoms with E-state index in [4.69, 9.17) is 0 Å². The number of fused-ring (bicyclic) bond motifs is 1. The van der Waals surface area contributed by atoms with Crippen LogP contribution in [0.5, 0.6) is 0 Å². The minimum Gasteiger partial charge on any atom is -0.351 e. The number of hydrogen-bond acceptors (Lipinski definition) is 3. The van der Waals surface area contributed by atoms with Gasteiger partial charge >= 0.3 is 0 Å². The van der Waals surface area contributed by atoms with Crippen molar-refractivity contribution >= 4 is 26.6 Å². The van der Waals surface area contributed by atoms with Crippen LogP contribution < -0.4 is 5.32 Å². The third-order valence-corrected chi connectivity index (χ3v) is 5.74. The summed E-state index contributed by atoms with van der Waals surface area (Å²) in [5.41, 5.74) is 2.58. The van der Waals surface area contributed by atoms with Crippen LogP contribution in [0.4, 0.5) is 0 Å². The first kappa shape index (κ1) is 14.1. The van der Waals surface area contributed by atoms with Crippen molar-refractivity contribution in [2.45, 2.75) is 13.3 Å². The van der Waals surface area contributed by atoms with Crippen molar-refractivity contribution in [3.63, 3.8) is 0 Å². The van der Waals surface area contributed by atoms with Gasteiger partial charge in [0.15, 0.2) is 9.84 Å². The van der Waals surface area contributed by atoms with E-state index in [0.29, 0.717) is 18.7 Å². The monoisotopic (exact) mass is 306 g/mol. The van der Waals surface area contributed by atoms with Gasteiger partial charge in [-0.1, -0.05) is 12.1 Å². The molecule has 1 aliphatic heterocycles. The molecule has 2 aromatic rings. The zero-order valence-corrected chi connectivity index (χ0v) is 12.7. The average Bonchev–Trinajstić information content (AvgIpc) is 2.98. The molecule has 2 heterocycles. The summed E-state index contributed by atoms with van der Waals surface area (Å²) in [7, 11) is -2.89. The van der Waals surface area contributed by atoms with E-state index in [1.807, 2.05) is 31.2 Å². The highest BCUT2D eigenvalue weighted by Crippen LogP contribution is 2.19. The van der Waals surface area contributed by atoms with E-state index in [0.717, 1.165) is 16.5 Å². The minimum absolute atomic E-state index is 0.0329. The first-order valence-electron chi connectivity index (χ1n) is 7.01. The number of benzene rings is 1. The van der Waals surface area contributed by atoms with Gasteiger partial charge in [-0.05, 0) is 37.0 Å². The van der Waals surface area contributed by atoms with Gasteiger partial charge in [0.25, 0.3) is 5.91 Å². The van der Waals surface area contributed by atoms with E-state index < -0.39 is 9.84 Å². The maximum atomic E-state index is 12.1. The van der Waals surface area contributed by atoms with E-state index in [2.05, 4.69) is 10.3 Å². The van der Waals surface area contributed by atoms with Crippen LogP contribution in [-0.2, 0) is 9.84 Å². The number of nitrogens with one attached hydrogen (secondary N) is 2. The second kappa shape index (κ2) is 5.18. The van der Waals surface area contributed by atoms with Gasteiger partial charge in [0.1, 0.15) is 5.69 Å². The van der Waals surface area contributed by atoms with Gasteiger partial charge in [-0.3, -0.25) is 4.79 Å². The fraction of sp³-hybridized carbons (Fsp3) is 0.400. The molecule has 0 spiro atoms. The number of aromatic nitrogens is 1. The molecule has 5 nitrogen and oxygen atoms in total. The van der Waals surface area contributed by atoms with Crippen molar-refractivity contribution in [1.29, 1.82) is 0 Å². The van der Waals surface area contributed by atoms with Crippen LogP contribution >= 0.6 is 0 Å². The van der Waals surface area contributed by atoms with E-state index in [1.165, 1.54) is 0 Å². The predicted octanol–water partition coefficient (Wildman–Crippen LogP) is 1.64. The lowest BCUT2D eigenvalue weighted by Crippen LogP contribution is -2.30. The molecule has 1 atom stereocenters. The largest absolute Gasteiger partial charge is 0.351 e. The standard InChI is InChI=1S/C15H18N2O3S/c1-10-2-3-12-7-14(17-13(12)6-10)15(18)16-8-11-4-5-21(19,20)9-11/h2-3,6-7,11,17H,4-5,8-9H2,1H3,(H,16,18)/t11-/m1/s1. The van der Waals surface area contributed by atoms with E-state index in [9.17, 15) is 13.2 Å². The van der Waals surface area contributed by atoms with E-state index >= 15 is 0 Å². The Balaban J connectivity index is 1.67. The van der Waals surface area contributed by atoms with Crippen molar-refractivity contribution in [3.8, 4) is 0 Å². The highest BCUT2D eigenvalue weighted by molar-refractivity contribution is 7.91. The predicted molar refractivity (Wildman–Crippen MR) is 82.1 cm³/mol. The first-order chi connectivity index (χ1) is 9.93. The molecular weight excluding hydrogens is 288 g/mol. The Kier molecular flexibility index (Phi) is 3.49. The van der Waals surface area contributed by atoms with Crippen LogP contribution in [0.1, 0.15) is 22.5 Å². The minimum atomic E-state index is -2.89. The lowest BCUT2D eigenvalue weighted by molar-refractivity contribution is 0.0944. The van der Waals surface area contributed by atoms with Gasteiger partial charge in [0, 0.05) is 17.4 Å². The number of carbonyl (C=O) groups excluding carboxylic acids is 1. The second-order valence-corrected chi connectivity index (χ2v) is 7.98. The molecule has 112 valence electrons. The summed E-state index contributed by atoms with van der Waals surface area (Å²) in [4.78, 5) is 15.2. The Bertz CT molecular complexity index is 792. The molecule has 1 fully saturated rings. The molecule has 1 amide bonds. The van der Waals surface area contributed by atoms with Crippen LogP contribution in [0.25, 0.3) is 10.9 Å². The molecule has 1 aromatic heterocycles. The van der Waals surface area contributed by atoms with Crippen molar-refractivity contribution < 1.29 is 13.2 Å².